The van der Waals surface area contributed by atoms with E-state index in [1.165, 1.54) is 12.1 Å². The molecule has 4 rings (SSSR count). The largest absolute Gasteiger partial charge is 0.378 e. The molecule has 8 nitrogen and oxygen atoms in total. The van der Waals surface area contributed by atoms with Crippen molar-refractivity contribution in [1.29, 1.82) is 0 Å². The molecule has 1 aliphatic heterocycles. The summed E-state index contributed by atoms with van der Waals surface area (Å²) in [5.74, 6) is 2.18. The van der Waals surface area contributed by atoms with Crippen molar-refractivity contribution in [1.82, 2.24) is 19.9 Å². The third kappa shape index (κ3) is 5.11. The van der Waals surface area contributed by atoms with Crippen molar-refractivity contribution in [2.24, 2.45) is 0 Å². The second kappa shape index (κ2) is 9.64. The van der Waals surface area contributed by atoms with Gasteiger partial charge < -0.3 is 20.3 Å². The minimum absolute atomic E-state index is 0. The van der Waals surface area contributed by atoms with Crippen LogP contribution in [-0.4, -0.2) is 46.2 Å². The minimum atomic E-state index is -0.264. The number of ether oxygens (including phenoxy) is 1. The second-order valence-corrected chi connectivity index (χ2v) is 6.83. The Morgan fingerprint density at radius 2 is 1.90 bits per heavy atom. The Hall–Kier alpha value is -3.04. The molecule has 0 saturated carbocycles. The molecule has 1 fully saturated rings. The Balaban J connectivity index is 0.00000256. The van der Waals surface area contributed by atoms with Gasteiger partial charge in [0, 0.05) is 38.7 Å². The molecule has 0 radical (unpaired) electrons. The summed E-state index contributed by atoms with van der Waals surface area (Å²) in [6.45, 7) is 3.51. The fourth-order valence-electron chi connectivity index (χ4n) is 3.02. The second-order valence-electron chi connectivity index (χ2n) is 6.83. The summed E-state index contributed by atoms with van der Waals surface area (Å²) < 4.78 is 18.6. The molecule has 1 saturated heterocycles. The van der Waals surface area contributed by atoms with Gasteiger partial charge in [0.15, 0.2) is 0 Å². The van der Waals surface area contributed by atoms with E-state index in [1.807, 2.05) is 13.0 Å². The number of nitrogens with one attached hydrogen (secondary N) is 2. The van der Waals surface area contributed by atoms with Gasteiger partial charge in [0.2, 0.25) is 5.95 Å². The normalized spacial score (nSPS) is 14.4. The number of halogens is 2. The van der Waals surface area contributed by atoms with E-state index < -0.39 is 0 Å². The SMILES string of the molecule is COC1CN(c2cc(Nc3cnccn3)nc(NC(C)c3ccc(F)cc3)n2)C1.Cl. The standard InChI is InChI=1S/C20H22FN7O.ClH/c1-13(14-3-5-15(21)6-4-14)24-20-26-17(25-18-10-22-7-8-23-18)9-19(27-20)28-11-16(12-28)29-2;/h3-10,13,16H,11-12H2,1-2H3,(H2,23,24,25,26,27);1H. The van der Waals surface area contributed by atoms with E-state index in [0.29, 0.717) is 17.6 Å². The van der Waals surface area contributed by atoms with E-state index >= 15 is 0 Å². The number of methoxy groups -OCH3 is 1. The van der Waals surface area contributed by atoms with Crippen molar-refractivity contribution in [2.45, 2.75) is 19.1 Å². The molecule has 1 unspecified atom stereocenters. The number of rotatable bonds is 7. The molecule has 1 atom stereocenters. The molecule has 0 amide bonds. The number of aromatic nitrogens is 4. The third-order valence-electron chi connectivity index (χ3n) is 4.75. The summed E-state index contributed by atoms with van der Waals surface area (Å²) in [5.41, 5.74) is 0.937. The molecule has 158 valence electrons. The van der Waals surface area contributed by atoms with Crippen LogP contribution in [0, 0.1) is 5.82 Å². The Morgan fingerprint density at radius 3 is 2.57 bits per heavy atom. The van der Waals surface area contributed by atoms with Crippen LogP contribution in [-0.2, 0) is 4.74 Å². The van der Waals surface area contributed by atoms with Gasteiger partial charge in [0.1, 0.15) is 23.3 Å². The van der Waals surface area contributed by atoms with E-state index in [9.17, 15) is 4.39 Å². The molecule has 1 aromatic carbocycles. The van der Waals surface area contributed by atoms with Gasteiger partial charge in [-0.15, -0.1) is 12.4 Å². The first-order valence-corrected chi connectivity index (χ1v) is 9.32. The van der Waals surface area contributed by atoms with E-state index in [1.54, 1.807) is 37.8 Å². The molecule has 0 bridgehead atoms. The monoisotopic (exact) mass is 431 g/mol. The zero-order valence-corrected chi connectivity index (χ0v) is 17.4. The van der Waals surface area contributed by atoms with Gasteiger partial charge >= 0.3 is 0 Å². The Kier molecular flexibility index (Phi) is 6.96. The average molecular weight is 432 g/mol. The zero-order chi connectivity index (χ0) is 20.2. The van der Waals surface area contributed by atoms with Crippen LogP contribution in [0.25, 0.3) is 0 Å². The maximum Gasteiger partial charge on any atom is 0.227 e. The van der Waals surface area contributed by atoms with Gasteiger partial charge in [0.05, 0.1) is 18.3 Å². The molecular formula is C20H23ClFN7O. The lowest BCUT2D eigenvalue weighted by molar-refractivity contribution is 0.0783. The van der Waals surface area contributed by atoms with Gasteiger partial charge in [-0.05, 0) is 24.6 Å². The molecule has 10 heteroatoms. The summed E-state index contributed by atoms with van der Waals surface area (Å²) >= 11 is 0. The lowest BCUT2D eigenvalue weighted by Crippen LogP contribution is -2.52. The fraction of sp³-hybridized carbons (Fsp3) is 0.300. The van der Waals surface area contributed by atoms with Crippen molar-refractivity contribution < 1.29 is 9.13 Å². The molecule has 3 aromatic rings. The maximum absolute atomic E-state index is 13.2. The lowest BCUT2D eigenvalue weighted by atomic mass is 10.1. The van der Waals surface area contributed by atoms with Crippen LogP contribution in [0.1, 0.15) is 18.5 Å². The zero-order valence-electron chi connectivity index (χ0n) is 16.6. The highest BCUT2D eigenvalue weighted by atomic mass is 35.5. The van der Waals surface area contributed by atoms with E-state index in [-0.39, 0.29) is 30.4 Å². The number of nitrogens with zero attached hydrogens (tertiary/aromatic N) is 5. The van der Waals surface area contributed by atoms with Gasteiger partial charge in [-0.25, -0.2) is 9.37 Å². The number of anilines is 4. The minimum Gasteiger partial charge on any atom is -0.378 e. The highest BCUT2D eigenvalue weighted by Gasteiger charge is 2.28. The van der Waals surface area contributed by atoms with Crippen LogP contribution in [0.4, 0.5) is 27.8 Å². The number of hydrogen-bond donors (Lipinski definition) is 2. The molecule has 30 heavy (non-hydrogen) atoms. The predicted octanol–water partition coefficient (Wildman–Crippen LogP) is 3.58. The van der Waals surface area contributed by atoms with Crippen molar-refractivity contribution in [3.63, 3.8) is 0 Å². The van der Waals surface area contributed by atoms with Crippen molar-refractivity contribution >= 4 is 35.8 Å². The molecule has 2 N–H and O–H groups in total. The molecule has 2 aromatic heterocycles. The number of benzene rings is 1. The molecular weight excluding hydrogens is 409 g/mol. The van der Waals surface area contributed by atoms with Crippen LogP contribution < -0.4 is 15.5 Å². The summed E-state index contributed by atoms with van der Waals surface area (Å²) in [4.78, 5) is 19.6. The average Bonchev–Trinajstić information content (AvgIpc) is 2.68. The van der Waals surface area contributed by atoms with Crippen molar-refractivity contribution in [2.75, 3.05) is 35.7 Å². The highest BCUT2D eigenvalue weighted by molar-refractivity contribution is 5.85. The summed E-state index contributed by atoms with van der Waals surface area (Å²) in [6.07, 6.45) is 5.05. The topological polar surface area (TPSA) is 88.1 Å². The van der Waals surface area contributed by atoms with E-state index in [2.05, 4.69) is 35.5 Å². The summed E-state index contributed by atoms with van der Waals surface area (Å²) in [6, 6.07) is 8.14. The quantitative estimate of drug-likeness (QED) is 0.587. The van der Waals surface area contributed by atoms with E-state index in [0.717, 1.165) is 24.5 Å². The van der Waals surface area contributed by atoms with Crippen molar-refractivity contribution in [3.05, 3.63) is 60.3 Å². The highest BCUT2D eigenvalue weighted by Crippen LogP contribution is 2.26. The smallest absolute Gasteiger partial charge is 0.227 e. The molecule has 3 heterocycles. The first-order chi connectivity index (χ1) is 14.1. The van der Waals surface area contributed by atoms with Gasteiger partial charge in [-0.2, -0.15) is 9.97 Å². The Labute approximate surface area is 180 Å². The van der Waals surface area contributed by atoms with Crippen LogP contribution in [0.15, 0.2) is 48.9 Å². The van der Waals surface area contributed by atoms with Crippen LogP contribution >= 0.6 is 12.4 Å². The Morgan fingerprint density at radius 1 is 1.13 bits per heavy atom. The molecule has 1 aliphatic rings. The maximum atomic E-state index is 13.2. The fourth-order valence-corrected chi connectivity index (χ4v) is 3.02. The number of hydrogen-bond acceptors (Lipinski definition) is 8. The van der Waals surface area contributed by atoms with Gasteiger partial charge in [0.25, 0.3) is 0 Å². The van der Waals surface area contributed by atoms with Gasteiger partial charge in [-0.3, -0.25) is 4.98 Å². The summed E-state index contributed by atoms with van der Waals surface area (Å²) in [5, 5.41) is 6.46. The molecule has 0 aliphatic carbocycles. The van der Waals surface area contributed by atoms with Gasteiger partial charge in [-0.1, -0.05) is 12.1 Å². The van der Waals surface area contributed by atoms with Crippen LogP contribution in [0.3, 0.4) is 0 Å². The lowest BCUT2D eigenvalue weighted by Gasteiger charge is -2.39. The Bertz CT molecular complexity index is 955. The predicted molar refractivity (Wildman–Crippen MR) is 116 cm³/mol. The van der Waals surface area contributed by atoms with Crippen molar-refractivity contribution in [3.8, 4) is 0 Å². The van der Waals surface area contributed by atoms with Crippen LogP contribution in [0.5, 0.6) is 0 Å². The first-order valence-electron chi connectivity index (χ1n) is 9.32. The molecule has 0 spiro atoms. The van der Waals surface area contributed by atoms with Crippen LogP contribution in [0.2, 0.25) is 0 Å². The third-order valence-corrected chi connectivity index (χ3v) is 4.75. The first kappa shape index (κ1) is 21.7. The van der Waals surface area contributed by atoms with E-state index in [4.69, 9.17) is 4.74 Å². The summed E-state index contributed by atoms with van der Waals surface area (Å²) in [7, 11) is 1.71.